The topological polar surface area (TPSA) is 75.3 Å². The predicted octanol–water partition coefficient (Wildman–Crippen LogP) is 1.10. The number of hydrogen-bond acceptors (Lipinski definition) is 4. The van der Waals surface area contributed by atoms with Gasteiger partial charge < -0.3 is 5.32 Å². The van der Waals surface area contributed by atoms with E-state index in [1.165, 1.54) is 17.4 Å². The van der Waals surface area contributed by atoms with Gasteiger partial charge in [-0.2, -0.15) is 0 Å². The van der Waals surface area contributed by atoms with E-state index in [1.807, 2.05) is 6.92 Å². The van der Waals surface area contributed by atoms with Crippen LogP contribution in [-0.2, 0) is 10.0 Å². The van der Waals surface area contributed by atoms with Crippen molar-refractivity contribution < 1.29 is 13.2 Å². The molecule has 0 radical (unpaired) electrons. The van der Waals surface area contributed by atoms with Crippen LogP contribution in [0, 0.1) is 6.92 Å². The van der Waals surface area contributed by atoms with Gasteiger partial charge in [0.25, 0.3) is 5.91 Å². The highest BCUT2D eigenvalue weighted by atomic mass is 32.2. The van der Waals surface area contributed by atoms with E-state index in [2.05, 4.69) is 10.0 Å². The fourth-order valence-electron chi connectivity index (χ4n) is 1.36. The zero-order valence-corrected chi connectivity index (χ0v) is 11.7. The second-order valence-corrected chi connectivity index (χ2v) is 6.38. The lowest BCUT2D eigenvalue weighted by atomic mass is 10.4. The zero-order chi connectivity index (χ0) is 13.1. The maximum atomic E-state index is 11.8. The Balaban J connectivity index is 3.09. The molecule has 0 bridgehead atoms. The predicted molar refractivity (Wildman–Crippen MR) is 67.9 cm³/mol. The summed E-state index contributed by atoms with van der Waals surface area (Å²) in [6.07, 6.45) is 0. The summed E-state index contributed by atoms with van der Waals surface area (Å²) in [7, 11) is -3.49. The molecule has 0 atom stereocenters. The molecule has 5 nitrogen and oxygen atoms in total. The molecule has 0 aliphatic rings. The van der Waals surface area contributed by atoms with E-state index in [9.17, 15) is 13.2 Å². The Morgan fingerprint density at radius 2 is 2.00 bits per heavy atom. The molecule has 17 heavy (non-hydrogen) atoms. The summed E-state index contributed by atoms with van der Waals surface area (Å²) in [4.78, 5) is 12.8. The van der Waals surface area contributed by atoms with Crippen molar-refractivity contribution in [3.8, 4) is 0 Å². The van der Waals surface area contributed by atoms with Crippen molar-refractivity contribution in [3.05, 3.63) is 15.8 Å². The van der Waals surface area contributed by atoms with Crippen molar-refractivity contribution in [1.82, 2.24) is 10.0 Å². The second kappa shape index (κ2) is 5.61. The summed E-state index contributed by atoms with van der Waals surface area (Å²) in [5.74, 6) is -0.237. The van der Waals surface area contributed by atoms with Gasteiger partial charge in [0.2, 0.25) is 10.0 Å². The highest BCUT2D eigenvalue weighted by molar-refractivity contribution is 7.89. The minimum absolute atomic E-state index is 0.186. The minimum atomic E-state index is -3.49. The first-order valence-electron chi connectivity index (χ1n) is 5.30. The third kappa shape index (κ3) is 3.27. The molecular weight excluding hydrogens is 260 g/mol. The Morgan fingerprint density at radius 3 is 2.53 bits per heavy atom. The summed E-state index contributed by atoms with van der Waals surface area (Å²) < 4.78 is 26.0. The number of sulfonamides is 1. The van der Waals surface area contributed by atoms with Gasteiger partial charge in [0.05, 0.1) is 9.77 Å². The summed E-state index contributed by atoms with van der Waals surface area (Å²) in [5, 5.41) is 2.64. The Morgan fingerprint density at radius 1 is 1.35 bits per heavy atom. The maximum absolute atomic E-state index is 11.8. The van der Waals surface area contributed by atoms with Crippen molar-refractivity contribution >= 4 is 27.3 Å². The Bertz CT molecular complexity index is 506. The van der Waals surface area contributed by atoms with E-state index in [1.54, 1.807) is 13.8 Å². The van der Waals surface area contributed by atoms with Crippen LogP contribution in [0.5, 0.6) is 0 Å². The van der Waals surface area contributed by atoms with Crippen LogP contribution >= 0.6 is 11.3 Å². The molecule has 1 amide bonds. The monoisotopic (exact) mass is 276 g/mol. The van der Waals surface area contributed by atoms with Crippen LogP contribution < -0.4 is 10.0 Å². The molecule has 0 aromatic carbocycles. The first kappa shape index (κ1) is 14.1. The Kier molecular flexibility index (Phi) is 4.67. The SMILES string of the molecule is CCNC(=O)c1cc(S(=O)(=O)NCC)c(C)s1. The fourth-order valence-corrected chi connectivity index (χ4v) is 3.91. The zero-order valence-electron chi connectivity index (χ0n) is 10.0. The van der Waals surface area contributed by atoms with E-state index >= 15 is 0 Å². The third-order valence-electron chi connectivity index (χ3n) is 2.06. The van der Waals surface area contributed by atoms with Crippen LogP contribution in [0.25, 0.3) is 0 Å². The van der Waals surface area contributed by atoms with E-state index in [-0.39, 0.29) is 10.8 Å². The number of aryl methyl sites for hydroxylation is 1. The molecule has 0 aliphatic carbocycles. The van der Waals surface area contributed by atoms with Crippen LogP contribution in [0.2, 0.25) is 0 Å². The lowest BCUT2D eigenvalue weighted by Gasteiger charge is -2.02. The van der Waals surface area contributed by atoms with Crippen LogP contribution in [0.1, 0.15) is 28.4 Å². The molecule has 1 heterocycles. The van der Waals surface area contributed by atoms with Gasteiger partial charge in [0.15, 0.2) is 0 Å². The number of carbonyl (C=O) groups is 1. The van der Waals surface area contributed by atoms with Gasteiger partial charge in [-0.1, -0.05) is 6.92 Å². The molecule has 0 saturated carbocycles. The number of thiophene rings is 1. The lowest BCUT2D eigenvalue weighted by Crippen LogP contribution is -2.23. The maximum Gasteiger partial charge on any atom is 0.261 e. The molecule has 1 aromatic rings. The number of nitrogens with one attached hydrogen (secondary N) is 2. The smallest absolute Gasteiger partial charge is 0.261 e. The largest absolute Gasteiger partial charge is 0.352 e. The molecule has 0 unspecified atom stereocenters. The van der Waals surface area contributed by atoms with Crippen molar-refractivity contribution in [2.45, 2.75) is 25.7 Å². The van der Waals surface area contributed by atoms with Gasteiger partial charge in [-0.05, 0) is 19.9 Å². The van der Waals surface area contributed by atoms with Crippen molar-refractivity contribution in [2.24, 2.45) is 0 Å². The molecule has 0 fully saturated rings. The highest BCUT2D eigenvalue weighted by Gasteiger charge is 2.21. The summed E-state index contributed by atoms with van der Waals surface area (Å²) in [5.41, 5.74) is 0. The molecule has 0 saturated heterocycles. The van der Waals surface area contributed by atoms with E-state index in [0.717, 1.165) is 0 Å². The highest BCUT2D eigenvalue weighted by Crippen LogP contribution is 2.25. The van der Waals surface area contributed by atoms with Gasteiger partial charge in [0, 0.05) is 18.0 Å². The van der Waals surface area contributed by atoms with Gasteiger partial charge in [-0.25, -0.2) is 13.1 Å². The van der Waals surface area contributed by atoms with E-state index in [4.69, 9.17) is 0 Å². The average Bonchev–Trinajstić information content (AvgIpc) is 2.61. The molecule has 0 spiro atoms. The van der Waals surface area contributed by atoms with Gasteiger partial charge in [-0.3, -0.25) is 4.79 Å². The first-order valence-corrected chi connectivity index (χ1v) is 7.60. The fraction of sp³-hybridized carbons (Fsp3) is 0.500. The minimum Gasteiger partial charge on any atom is -0.352 e. The molecular formula is C10H16N2O3S2. The standard InChI is InChI=1S/C10H16N2O3S2/c1-4-11-10(13)8-6-9(7(3)16-8)17(14,15)12-5-2/h6,12H,4-5H2,1-3H3,(H,11,13). The summed E-state index contributed by atoms with van der Waals surface area (Å²) >= 11 is 1.18. The summed E-state index contributed by atoms with van der Waals surface area (Å²) in [6, 6.07) is 1.42. The average molecular weight is 276 g/mol. The summed E-state index contributed by atoms with van der Waals surface area (Å²) in [6.45, 7) is 6.06. The molecule has 1 rings (SSSR count). The molecule has 96 valence electrons. The number of hydrogen-bond donors (Lipinski definition) is 2. The van der Waals surface area contributed by atoms with Crippen molar-refractivity contribution in [2.75, 3.05) is 13.1 Å². The van der Waals surface area contributed by atoms with Gasteiger partial charge >= 0.3 is 0 Å². The third-order valence-corrected chi connectivity index (χ3v) is 4.91. The number of amides is 1. The Hall–Kier alpha value is -0.920. The molecule has 7 heteroatoms. The van der Waals surface area contributed by atoms with Crippen LogP contribution in [0.4, 0.5) is 0 Å². The van der Waals surface area contributed by atoms with Crippen molar-refractivity contribution in [1.29, 1.82) is 0 Å². The second-order valence-electron chi connectivity index (χ2n) is 3.39. The van der Waals surface area contributed by atoms with E-state index in [0.29, 0.717) is 22.8 Å². The van der Waals surface area contributed by atoms with Gasteiger partial charge in [-0.15, -0.1) is 11.3 Å². The molecule has 0 aliphatic heterocycles. The molecule has 2 N–H and O–H groups in total. The van der Waals surface area contributed by atoms with Crippen LogP contribution in [0.3, 0.4) is 0 Å². The van der Waals surface area contributed by atoms with Gasteiger partial charge in [0.1, 0.15) is 0 Å². The quantitative estimate of drug-likeness (QED) is 0.845. The first-order chi connectivity index (χ1) is 7.92. The van der Waals surface area contributed by atoms with E-state index < -0.39 is 10.0 Å². The molecule has 1 aromatic heterocycles. The Labute approximate surface area is 105 Å². The number of carbonyl (C=O) groups excluding carboxylic acids is 1. The van der Waals surface area contributed by atoms with Crippen LogP contribution in [-0.4, -0.2) is 27.4 Å². The van der Waals surface area contributed by atoms with Crippen molar-refractivity contribution in [3.63, 3.8) is 0 Å². The lowest BCUT2D eigenvalue weighted by molar-refractivity contribution is 0.0959. The normalized spacial score (nSPS) is 11.5. The van der Waals surface area contributed by atoms with Crippen LogP contribution in [0.15, 0.2) is 11.0 Å². The number of rotatable bonds is 5.